The first kappa shape index (κ1) is 44.8. The summed E-state index contributed by atoms with van der Waals surface area (Å²) in [5, 5.41) is 2.53. The Morgan fingerprint density at radius 2 is 1.07 bits per heavy atom. The second kappa shape index (κ2) is 35.6. The molecule has 1 aliphatic heterocycles. The van der Waals surface area contributed by atoms with Crippen molar-refractivity contribution in [3.05, 3.63) is 0 Å². The van der Waals surface area contributed by atoms with Crippen molar-refractivity contribution in [3.63, 3.8) is 0 Å². The SMILES string of the molecule is CCCCCSCSCCCCCCCCC(CCCCCCCCSCSCCCCC)OC(=O)CCC1OCC(CCC)O1. The van der Waals surface area contributed by atoms with Crippen LogP contribution in [0.1, 0.15) is 175 Å². The van der Waals surface area contributed by atoms with Crippen LogP contribution < -0.4 is 0 Å². The Labute approximate surface area is 303 Å². The molecule has 8 heteroatoms. The van der Waals surface area contributed by atoms with Crippen LogP contribution in [0.15, 0.2) is 0 Å². The van der Waals surface area contributed by atoms with E-state index in [4.69, 9.17) is 14.2 Å². The van der Waals surface area contributed by atoms with Gasteiger partial charge < -0.3 is 14.2 Å². The van der Waals surface area contributed by atoms with Crippen LogP contribution in [0, 0.1) is 0 Å². The first-order valence-corrected chi connectivity index (χ1v) is 24.1. The maximum Gasteiger partial charge on any atom is 0.306 e. The van der Waals surface area contributed by atoms with Gasteiger partial charge in [-0.1, -0.05) is 104 Å². The summed E-state index contributed by atoms with van der Waals surface area (Å²) in [4.78, 5) is 12.8. The maximum atomic E-state index is 12.8. The maximum absolute atomic E-state index is 12.8. The molecule has 0 saturated carbocycles. The molecule has 1 fully saturated rings. The van der Waals surface area contributed by atoms with E-state index in [1.54, 1.807) is 0 Å². The average molecular weight is 723 g/mol. The van der Waals surface area contributed by atoms with E-state index in [2.05, 4.69) is 67.8 Å². The number of unbranched alkanes of at least 4 members (excludes halogenated alkanes) is 14. The molecular formula is C38H74O4S4. The quantitative estimate of drug-likeness (QED) is 0.0360. The minimum absolute atomic E-state index is 0.0711. The highest BCUT2D eigenvalue weighted by Gasteiger charge is 2.26. The summed E-state index contributed by atoms with van der Waals surface area (Å²) in [5.74, 6) is 5.22. The Morgan fingerprint density at radius 1 is 0.609 bits per heavy atom. The summed E-state index contributed by atoms with van der Waals surface area (Å²) in [6, 6.07) is 0. The van der Waals surface area contributed by atoms with E-state index in [1.807, 2.05) is 0 Å². The lowest BCUT2D eigenvalue weighted by Gasteiger charge is -2.19. The van der Waals surface area contributed by atoms with Gasteiger partial charge in [0.25, 0.3) is 0 Å². The fourth-order valence-corrected chi connectivity index (χ4v) is 10.2. The second-order valence-corrected chi connectivity index (χ2v) is 18.2. The largest absolute Gasteiger partial charge is 0.462 e. The fourth-order valence-electron chi connectivity index (χ4n) is 5.70. The van der Waals surface area contributed by atoms with Crippen molar-refractivity contribution < 1.29 is 19.0 Å². The first-order chi connectivity index (χ1) is 22.7. The average Bonchev–Trinajstić information content (AvgIpc) is 3.51. The van der Waals surface area contributed by atoms with Gasteiger partial charge >= 0.3 is 5.97 Å². The van der Waals surface area contributed by atoms with Crippen molar-refractivity contribution in [1.29, 1.82) is 0 Å². The molecule has 0 N–H and O–H groups in total. The number of ether oxygens (including phenoxy) is 3. The molecule has 0 amide bonds. The van der Waals surface area contributed by atoms with E-state index < -0.39 is 0 Å². The highest BCUT2D eigenvalue weighted by molar-refractivity contribution is 8.16. The van der Waals surface area contributed by atoms with Crippen molar-refractivity contribution in [2.24, 2.45) is 0 Å². The summed E-state index contributed by atoms with van der Waals surface area (Å²) >= 11 is 8.47. The van der Waals surface area contributed by atoms with E-state index in [1.165, 1.54) is 149 Å². The van der Waals surface area contributed by atoms with Crippen molar-refractivity contribution in [2.75, 3.05) is 39.8 Å². The number of rotatable bonds is 36. The standard InChI is InChI=1S/C38H74O4S4/c1-4-7-19-28-43-33-45-30-21-15-11-9-13-17-24-35(41-37(39)26-27-38-40-32-36(42-38)23-6-3)25-18-14-10-12-16-22-31-46-34-44-29-20-8-5-2/h35-36,38H,4-34H2,1-3H3. The number of esters is 1. The topological polar surface area (TPSA) is 44.8 Å². The van der Waals surface area contributed by atoms with Crippen LogP contribution in [0.2, 0.25) is 0 Å². The fraction of sp³-hybridized carbons (Fsp3) is 0.974. The second-order valence-electron chi connectivity index (χ2n) is 13.1. The van der Waals surface area contributed by atoms with Gasteiger partial charge in [0.05, 0.1) is 19.1 Å². The molecule has 0 spiro atoms. The van der Waals surface area contributed by atoms with Crippen molar-refractivity contribution in [3.8, 4) is 0 Å². The molecule has 0 aromatic carbocycles. The Bertz CT molecular complexity index is 610. The van der Waals surface area contributed by atoms with E-state index in [-0.39, 0.29) is 24.5 Å². The predicted molar refractivity (Wildman–Crippen MR) is 212 cm³/mol. The normalized spacial score (nSPS) is 16.5. The zero-order chi connectivity index (χ0) is 33.2. The van der Waals surface area contributed by atoms with Gasteiger partial charge in [0, 0.05) is 16.6 Å². The minimum Gasteiger partial charge on any atom is -0.462 e. The third kappa shape index (κ3) is 29.7. The molecule has 0 bridgehead atoms. The van der Waals surface area contributed by atoms with E-state index >= 15 is 0 Å². The molecule has 274 valence electrons. The smallest absolute Gasteiger partial charge is 0.306 e. The van der Waals surface area contributed by atoms with Crippen LogP contribution in [0.5, 0.6) is 0 Å². The summed E-state index contributed by atoms with van der Waals surface area (Å²) < 4.78 is 17.7. The van der Waals surface area contributed by atoms with Crippen LogP contribution in [0.3, 0.4) is 0 Å². The van der Waals surface area contributed by atoms with Gasteiger partial charge in [-0.25, -0.2) is 0 Å². The monoisotopic (exact) mass is 722 g/mol. The summed E-state index contributed by atoms with van der Waals surface area (Å²) in [5.41, 5.74) is 0. The highest BCUT2D eigenvalue weighted by atomic mass is 32.2. The number of thioether (sulfide) groups is 4. The number of hydrogen-bond donors (Lipinski definition) is 0. The van der Waals surface area contributed by atoms with Crippen molar-refractivity contribution >= 4 is 53.0 Å². The summed E-state index contributed by atoms with van der Waals surface area (Å²) in [7, 11) is 0. The zero-order valence-corrected chi connectivity index (χ0v) is 33.7. The molecule has 1 saturated heterocycles. The van der Waals surface area contributed by atoms with Crippen LogP contribution in [-0.4, -0.2) is 64.3 Å². The van der Waals surface area contributed by atoms with Gasteiger partial charge in [-0.15, -0.1) is 0 Å². The predicted octanol–water partition coefficient (Wildman–Crippen LogP) is 12.9. The van der Waals surface area contributed by atoms with E-state index in [0.717, 1.165) is 25.7 Å². The lowest BCUT2D eigenvalue weighted by molar-refractivity contribution is -0.152. The third-order valence-electron chi connectivity index (χ3n) is 8.55. The van der Waals surface area contributed by atoms with Gasteiger partial charge in [0.1, 0.15) is 6.10 Å². The zero-order valence-electron chi connectivity index (χ0n) is 30.4. The number of carbonyl (C=O) groups excluding carboxylic acids is 1. The summed E-state index contributed by atoms with van der Waals surface area (Å²) in [6.07, 6.45) is 28.9. The minimum atomic E-state index is -0.242. The number of carbonyl (C=O) groups is 1. The number of hydrogen-bond acceptors (Lipinski definition) is 8. The van der Waals surface area contributed by atoms with Crippen LogP contribution in [0.4, 0.5) is 0 Å². The van der Waals surface area contributed by atoms with Crippen molar-refractivity contribution in [1.82, 2.24) is 0 Å². The first-order valence-electron chi connectivity index (χ1n) is 19.5. The molecule has 1 aliphatic rings. The van der Waals surface area contributed by atoms with Gasteiger partial charge in [0.2, 0.25) is 0 Å². The Balaban J connectivity index is 2.16. The molecule has 2 atom stereocenters. The third-order valence-corrected chi connectivity index (χ3v) is 13.5. The summed E-state index contributed by atoms with van der Waals surface area (Å²) in [6.45, 7) is 7.38. The molecule has 4 nitrogen and oxygen atoms in total. The van der Waals surface area contributed by atoms with Crippen LogP contribution in [0.25, 0.3) is 0 Å². The molecule has 0 radical (unpaired) electrons. The molecule has 1 heterocycles. The molecule has 0 aromatic heterocycles. The molecule has 0 aliphatic carbocycles. The van der Waals surface area contributed by atoms with Crippen molar-refractivity contribution in [2.45, 2.75) is 193 Å². The van der Waals surface area contributed by atoms with Gasteiger partial charge in [-0.2, -0.15) is 47.0 Å². The lowest BCUT2D eigenvalue weighted by Crippen LogP contribution is -2.20. The Hall–Kier alpha value is 0.790. The van der Waals surface area contributed by atoms with Gasteiger partial charge in [0.15, 0.2) is 6.29 Å². The Morgan fingerprint density at radius 3 is 1.54 bits per heavy atom. The molecule has 0 aromatic rings. The highest BCUT2D eigenvalue weighted by Crippen LogP contribution is 2.22. The lowest BCUT2D eigenvalue weighted by atomic mass is 10.0. The Kier molecular flexibility index (Phi) is 34.7. The molecule has 1 rings (SSSR count). The van der Waals surface area contributed by atoms with Crippen LogP contribution >= 0.6 is 47.0 Å². The molecule has 2 unspecified atom stereocenters. The van der Waals surface area contributed by atoms with Crippen LogP contribution in [-0.2, 0) is 19.0 Å². The van der Waals surface area contributed by atoms with Gasteiger partial charge in [-0.05, 0) is 80.8 Å². The van der Waals surface area contributed by atoms with Gasteiger partial charge in [-0.3, -0.25) is 4.79 Å². The van der Waals surface area contributed by atoms with E-state index in [9.17, 15) is 4.79 Å². The molecule has 46 heavy (non-hydrogen) atoms. The van der Waals surface area contributed by atoms with E-state index in [0.29, 0.717) is 19.4 Å². The molecular weight excluding hydrogens is 649 g/mol.